The number of hydrogen-bond donors (Lipinski definition) is 0. The number of pyridine rings is 1. The van der Waals surface area contributed by atoms with E-state index in [2.05, 4.69) is 9.98 Å². The summed E-state index contributed by atoms with van der Waals surface area (Å²) >= 11 is 0. The molecule has 2 aromatic rings. The standard InChI is InChI=1S/C14H11FN2O/c15-12-6-4-11(5-7-12)14(17-10-18)9-13-3-1-2-8-16-13/h1-8,14H,9H2. The molecule has 1 heterocycles. The number of halogens is 1. The smallest absolute Gasteiger partial charge is 0.235 e. The minimum absolute atomic E-state index is 0.314. The van der Waals surface area contributed by atoms with Crippen LogP contribution in [0.5, 0.6) is 0 Å². The van der Waals surface area contributed by atoms with Crippen molar-refractivity contribution in [1.82, 2.24) is 4.98 Å². The molecule has 0 aliphatic rings. The third-order valence-corrected chi connectivity index (χ3v) is 2.59. The molecule has 0 aliphatic heterocycles. The van der Waals surface area contributed by atoms with E-state index in [4.69, 9.17) is 0 Å². The maximum Gasteiger partial charge on any atom is 0.235 e. The highest BCUT2D eigenvalue weighted by Crippen LogP contribution is 2.21. The van der Waals surface area contributed by atoms with Gasteiger partial charge in [0.1, 0.15) is 5.82 Å². The van der Waals surface area contributed by atoms with Crippen LogP contribution in [0.15, 0.2) is 53.7 Å². The van der Waals surface area contributed by atoms with Crippen molar-refractivity contribution in [1.29, 1.82) is 0 Å². The Kier molecular flexibility index (Phi) is 3.94. The highest BCUT2D eigenvalue weighted by atomic mass is 19.1. The molecule has 0 saturated carbocycles. The lowest BCUT2D eigenvalue weighted by molar-refractivity contribution is 0.556. The second-order valence-corrected chi connectivity index (χ2v) is 3.81. The van der Waals surface area contributed by atoms with Gasteiger partial charge in [-0.3, -0.25) is 4.98 Å². The van der Waals surface area contributed by atoms with Gasteiger partial charge in [0, 0.05) is 18.3 Å². The first-order valence-corrected chi connectivity index (χ1v) is 5.52. The number of aliphatic imine (C=N–C) groups is 1. The van der Waals surface area contributed by atoms with E-state index in [-0.39, 0.29) is 11.9 Å². The average molecular weight is 242 g/mol. The van der Waals surface area contributed by atoms with E-state index in [0.717, 1.165) is 11.3 Å². The fraction of sp³-hybridized carbons (Fsp3) is 0.143. The number of aromatic nitrogens is 1. The van der Waals surface area contributed by atoms with E-state index in [1.165, 1.54) is 12.1 Å². The molecule has 90 valence electrons. The van der Waals surface area contributed by atoms with Gasteiger partial charge in [0.05, 0.1) is 6.04 Å². The quantitative estimate of drug-likeness (QED) is 0.611. The topological polar surface area (TPSA) is 42.3 Å². The first-order valence-electron chi connectivity index (χ1n) is 5.52. The van der Waals surface area contributed by atoms with Crippen molar-refractivity contribution in [2.75, 3.05) is 0 Å². The Morgan fingerprint density at radius 2 is 2.00 bits per heavy atom. The summed E-state index contributed by atoms with van der Waals surface area (Å²) in [7, 11) is 0. The molecule has 2 rings (SSSR count). The molecule has 0 saturated heterocycles. The maximum atomic E-state index is 12.8. The summed E-state index contributed by atoms with van der Waals surface area (Å²) in [5.74, 6) is -0.314. The van der Waals surface area contributed by atoms with Gasteiger partial charge in [0.25, 0.3) is 0 Å². The normalized spacial score (nSPS) is 11.6. The zero-order valence-electron chi connectivity index (χ0n) is 9.58. The Morgan fingerprint density at radius 1 is 1.22 bits per heavy atom. The van der Waals surface area contributed by atoms with Gasteiger partial charge in [-0.25, -0.2) is 9.18 Å². The zero-order chi connectivity index (χ0) is 12.8. The van der Waals surface area contributed by atoms with Gasteiger partial charge in [0.2, 0.25) is 6.08 Å². The van der Waals surface area contributed by atoms with Crippen LogP contribution in [0.2, 0.25) is 0 Å². The van der Waals surface area contributed by atoms with Crippen LogP contribution in [0.4, 0.5) is 4.39 Å². The summed E-state index contributed by atoms with van der Waals surface area (Å²) in [6.07, 6.45) is 3.72. The minimum Gasteiger partial charge on any atom is -0.261 e. The van der Waals surface area contributed by atoms with Gasteiger partial charge >= 0.3 is 0 Å². The lowest BCUT2D eigenvalue weighted by Gasteiger charge is -2.10. The second kappa shape index (κ2) is 5.84. The van der Waals surface area contributed by atoms with E-state index in [1.807, 2.05) is 18.2 Å². The SMILES string of the molecule is O=C=NC(Cc1ccccn1)c1ccc(F)cc1. The van der Waals surface area contributed by atoms with Crippen LogP contribution in [0.25, 0.3) is 0 Å². The number of isocyanates is 1. The minimum atomic E-state index is -0.377. The fourth-order valence-corrected chi connectivity index (χ4v) is 1.70. The Hall–Kier alpha value is -2.32. The predicted octanol–water partition coefficient (Wildman–Crippen LogP) is 2.84. The van der Waals surface area contributed by atoms with Gasteiger partial charge in [-0.2, -0.15) is 4.99 Å². The molecule has 4 heteroatoms. The monoisotopic (exact) mass is 242 g/mol. The Bertz CT molecular complexity index is 548. The zero-order valence-corrected chi connectivity index (χ0v) is 9.58. The van der Waals surface area contributed by atoms with E-state index in [9.17, 15) is 9.18 Å². The van der Waals surface area contributed by atoms with E-state index < -0.39 is 0 Å². The molecule has 1 aromatic carbocycles. The molecule has 0 aliphatic carbocycles. The molecular formula is C14H11FN2O. The number of carbonyl (C=O) groups excluding carboxylic acids is 1. The first kappa shape index (κ1) is 12.1. The van der Waals surface area contributed by atoms with Crippen molar-refractivity contribution >= 4 is 6.08 Å². The van der Waals surface area contributed by atoms with Gasteiger partial charge in [-0.15, -0.1) is 0 Å². The Morgan fingerprint density at radius 3 is 2.61 bits per heavy atom. The van der Waals surface area contributed by atoms with E-state index in [0.29, 0.717) is 6.42 Å². The van der Waals surface area contributed by atoms with Crippen molar-refractivity contribution in [3.8, 4) is 0 Å². The van der Waals surface area contributed by atoms with Gasteiger partial charge < -0.3 is 0 Å². The number of nitrogens with zero attached hydrogens (tertiary/aromatic N) is 2. The molecule has 0 fully saturated rings. The molecule has 18 heavy (non-hydrogen) atoms. The van der Waals surface area contributed by atoms with Crippen LogP contribution < -0.4 is 0 Å². The average Bonchev–Trinajstić information content (AvgIpc) is 2.40. The molecular weight excluding hydrogens is 231 g/mol. The lowest BCUT2D eigenvalue weighted by atomic mass is 10.0. The molecule has 0 N–H and O–H groups in total. The number of rotatable bonds is 4. The van der Waals surface area contributed by atoms with E-state index in [1.54, 1.807) is 24.4 Å². The van der Waals surface area contributed by atoms with Crippen LogP contribution >= 0.6 is 0 Å². The summed E-state index contributed by atoms with van der Waals surface area (Å²) in [6, 6.07) is 11.1. The largest absolute Gasteiger partial charge is 0.261 e. The lowest BCUT2D eigenvalue weighted by Crippen LogP contribution is -2.01. The van der Waals surface area contributed by atoms with E-state index >= 15 is 0 Å². The predicted molar refractivity (Wildman–Crippen MR) is 65.2 cm³/mol. The van der Waals surface area contributed by atoms with Gasteiger partial charge in [0.15, 0.2) is 0 Å². The third-order valence-electron chi connectivity index (χ3n) is 2.59. The van der Waals surface area contributed by atoms with Crippen LogP contribution in [0, 0.1) is 5.82 Å². The summed E-state index contributed by atoms with van der Waals surface area (Å²) < 4.78 is 12.8. The van der Waals surface area contributed by atoms with Crippen molar-refractivity contribution in [3.05, 3.63) is 65.7 Å². The van der Waals surface area contributed by atoms with Crippen molar-refractivity contribution in [3.63, 3.8) is 0 Å². The summed E-state index contributed by atoms with van der Waals surface area (Å²) in [5, 5.41) is 0. The van der Waals surface area contributed by atoms with Gasteiger partial charge in [-0.1, -0.05) is 18.2 Å². The van der Waals surface area contributed by atoms with Crippen LogP contribution in [0.3, 0.4) is 0 Å². The molecule has 1 unspecified atom stereocenters. The summed E-state index contributed by atoms with van der Waals surface area (Å²) in [6.45, 7) is 0. The highest BCUT2D eigenvalue weighted by Gasteiger charge is 2.11. The Labute approximate surface area is 104 Å². The van der Waals surface area contributed by atoms with Crippen LogP contribution in [-0.2, 0) is 11.2 Å². The highest BCUT2D eigenvalue weighted by molar-refractivity contribution is 5.36. The van der Waals surface area contributed by atoms with Crippen molar-refractivity contribution in [2.24, 2.45) is 4.99 Å². The molecule has 3 nitrogen and oxygen atoms in total. The first-order chi connectivity index (χ1) is 8.79. The maximum absolute atomic E-state index is 12.8. The van der Waals surface area contributed by atoms with Crippen molar-refractivity contribution < 1.29 is 9.18 Å². The summed E-state index contributed by atoms with van der Waals surface area (Å²) in [4.78, 5) is 18.4. The van der Waals surface area contributed by atoms with Crippen molar-refractivity contribution in [2.45, 2.75) is 12.5 Å². The fourth-order valence-electron chi connectivity index (χ4n) is 1.70. The molecule has 0 spiro atoms. The molecule has 1 aromatic heterocycles. The van der Waals surface area contributed by atoms with Crippen LogP contribution in [0.1, 0.15) is 17.3 Å². The number of hydrogen-bond acceptors (Lipinski definition) is 3. The summed E-state index contributed by atoms with van der Waals surface area (Å²) in [5.41, 5.74) is 1.59. The number of benzene rings is 1. The van der Waals surface area contributed by atoms with Gasteiger partial charge in [-0.05, 0) is 29.8 Å². The molecule has 0 radical (unpaired) electrons. The van der Waals surface area contributed by atoms with Crippen LogP contribution in [-0.4, -0.2) is 11.1 Å². The Balaban J connectivity index is 2.23. The third kappa shape index (κ3) is 3.09. The molecule has 1 atom stereocenters. The molecule has 0 bridgehead atoms. The second-order valence-electron chi connectivity index (χ2n) is 3.81. The molecule has 0 amide bonds.